The zero-order valence-electron chi connectivity index (χ0n) is 15.9. The van der Waals surface area contributed by atoms with Crippen molar-refractivity contribution in [3.8, 4) is 11.4 Å². The second-order valence-electron chi connectivity index (χ2n) is 6.72. The molecule has 4 rings (SSSR count). The summed E-state index contributed by atoms with van der Waals surface area (Å²) in [5.41, 5.74) is 2.00. The Bertz CT molecular complexity index is 1110. The van der Waals surface area contributed by atoms with Crippen LogP contribution in [0.15, 0.2) is 69.9 Å². The normalized spacial score (nSPS) is 10.9. The smallest absolute Gasteiger partial charge is 0.243 e. The summed E-state index contributed by atoms with van der Waals surface area (Å²) in [7, 11) is 0. The fourth-order valence-electron chi connectivity index (χ4n) is 3.12. The molecule has 0 fully saturated rings. The molecule has 0 aliphatic heterocycles. The van der Waals surface area contributed by atoms with E-state index in [-0.39, 0.29) is 12.5 Å². The zero-order valence-corrected chi connectivity index (χ0v) is 16.7. The van der Waals surface area contributed by atoms with Crippen LogP contribution < -0.4 is 0 Å². The van der Waals surface area contributed by atoms with Gasteiger partial charge in [0, 0.05) is 5.56 Å². The number of rotatable bonds is 7. The molecule has 0 saturated carbocycles. The van der Waals surface area contributed by atoms with Crippen molar-refractivity contribution in [2.75, 3.05) is 0 Å². The third kappa shape index (κ3) is 4.38. The summed E-state index contributed by atoms with van der Waals surface area (Å²) >= 11 is 5.38. The largest absolute Gasteiger partial charge is 0.467 e. The van der Waals surface area contributed by atoms with E-state index in [1.165, 1.54) is 0 Å². The summed E-state index contributed by atoms with van der Waals surface area (Å²) in [5, 5.41) is 7.13. The molecule has 4 aromatic rings. The summed E-state index contributed by atoms with van der Waals surface area (Å²) in [6.45, 7) is 2.73. The van der Waals surface area contributed by atoms with Gasteiger partial charge in [0.1, 0.15) is 18.1 Å². The van der Waals surface area contributed by atoms with Crippen molar-refractivity contribution in [2.45, 2.75) is 26.6 Å². The highest BCUT2D eigenvalue weighted by atomic mass is 32.1. The number of hydrogen-bond acceptors (Lipinski definition) is 5. The molecule has 8 heteroatoms. The van der Waals surface area contributed by atoms with Crippen LogP contribution in [0.5, 0.6) is 0 Å². The highest BCUT2D eigenvalue weighted by Crippen LogP contribution is 2.19. The number of amides is 1. The molecule has 29 heavy (non-hydrogen) atoms. The number of carbonyl (C=O) groups excluding carboxylic acids is 1. The maximum Gasteiger partial charge on any atom is 0.243 e. The fraction of sp³-hybridized carbons (Fsp3) is 0.190. The van der Waals surface area contributed by atoms with Crippen molar-refractivity contribution in [1.82, 2.24) is 19.7 Å². The van der Waals surface area contributed by atoms with Crippen LogP contribution in [0.3, 0.4) is 0 Å². The number of furan rings is 2. The summed E-state index contributed by atoms with van der Waals surface area (Å²) in [6, 6.07) is 15.2. The van der Waals surface area contributed by atoms with Crippen molar-refractivity contribution in [1.29, 1.82) is 0 Å². The monoisotopic (exact) mass is 408 g/mol. The molecule has 1 N–H and O–H groups in total. The van der Waals surface area contributed by atoms with Gasteiger partial charge in [-0.2, -0.15) is 5.10 Å². The Hall–Kier alpha value is -3.39. The number of aryl methyl sites for hydroxylation is 1. The average molecular weight is 408 g/mol. The maximum atomic E-state index is 13.2. The average Bonchev–Trinajstić information content (AvgIpc) is 3.45. The number of nitrogens with one attached hydrogen (secondary N) is 1. The van der Waals surface area contributed by atoms with Gasteiger partial charge in [-0.15, -0.1) is 0 Å². The first-order chi connectivity index (χ1) is 14.1. The predicted molar refractivity (Wildman–Crippen MR) is 109 cm³/mol. The molecule has 0 bridgehead atoms. The number of carbonyl (C=O) groups is 1. The van der Waals surface area contributed by atoms with Gasteiger partial charge in [-0.05, 0) is 49.5 Å². The lowest BCUT2D eigenvalue weighted by atomic mass is 10.1. The minimum absolute atomic E-state index is 0.0556. The molecule has 1 amide bonds. The minimum atomic E-state index is -0.121. The molecule has 0 radical (unpaired) electrons. The van der Waals surface area contributed by atoms with E-state index in [1.807, 2.05) is 43.3 Å². The van der Waals surface area contributed by atoms with E-state index in [9.17, 15) is 4.79 Å². The Morgan fingerprint density at radius 3 is 2.38 bits per heavy atom. The number of hydrogen-bond donors (Lipinski definition) is 1. The second-order valence-corrected chi connectivity index (χ2v) is 7.10. The number of aromatic amines is 1. The van der Waals surface area contributed by atoms with Gasteiger partial charge in [0.2, 0.25) is 5.91 Å². The number of aromatic nitrogens is 3. The highest BCUT2D eigenvalue weighted by molar-refractivity contribution is 7.71. The van der Waals surface area contributed by atoms with E-state index in [2.05, 4.69) is 10.2 Å². The van der Waals surface area contributed by atoms with E-state index < -0.39 is 0 Å². The van der Waals surface area contributed by atoms with E-state index in [0.717, 1.165) is 11.1 Å². The van der Waals surface area contributed by atoms with Crippen LogP contribution in [0.25, 0.3) is 11.4 Å². The van der Waals surface area contributed by atoms with Gasteiger partial charge in [0.15, 0.2) is 10.6 Å². The summed E-state index contributed by atoms with van der Waals surface area (Å²) < 4.78 is 13.0. The zero-order chi connectivity index (χ0) is 20.2. The first-order valence-corrected chi connectivity index (χ1v) is 9.56. The van der Waals surface area contributed by atoms with E-state index >= 15 is 0 Å². The quantitative estimate of drug-likeness (QED) is 0.460. The van der Waals surface area contributed by atoms with Crippen LogP contribution in [-0.2, 0) is 24.4 Å². The Morgan fingerprint density at radius 1 is 1.10 bits per heavy atom. The highest BCUT2D eigenvalue weighted by Gasteiger charge is 2.20. The van der Waals surface area contributed by atoms with Crippen LogP contribution in [-0.4, -0.2) is 25.6 Å². The molecule has 0 atom stereocenters. The number of nitrogens with zero attached hydrogens (tertiary/aromatic N) is 3. The van der Waals surface area contributed by atoms with Crippen LogP contribution >= 0.6 is 12.2 Å². The van der Waals surface area contributed by atoms with Gasteiger partial charge < -0.3 is 13.7 Å². The molecule has 148 valence electrons. The maximum absolute atomic E-state index is 13.2. The van der Waals surface area contributed by atoms with Crippen LogP contribution in [0.2, 0.25) is 0 Å². The van der Waals surface area contributed by atoms with E-state index in [4.69, 9.17) is 21.1 Å². The summed E-state index contributed by atoms with van der Waals surface area (Å²) in [4.78, 5) is 14.9. The lowest BCUT2D eigenvalue weighted by Crippen LogP contribution is -2.33. The standard InChI is InChI=1S/C21H20N4O3S/c1-15-5-2-6-16(11-15)20-22-23-21(29)25(20)14-19(26)24(12-17-7-3-9-27-17)13-18-8-4-10-28-18/h2-11H,12-14H2,1H3,(H,23,29). The van der Waals surface area contributed by atoms with Crippen LogP contribution in [0.4, 0.5) is 0 Å². The van der Waals surface area contributed by atoms with Crippen molar-refractivity contribution in [2.24, 2.45) is 0 Å². The molecule has 3 aromatic heterocycles. The van der Waals surface area contributed by atoms with Gasteiger partial charge >= 0.3 is 0 Å². The molecule has 0 unspecified atom stereocenters. The molecule has 3 heterocycles. The molecular weight excluding hydrogens is 388 g/mol. The van der Waals surface area contributed by atoms with Crippen molar-refractivity contribution >= 4 is 18.1 Å². The van der Waals surface area contributed by atoms with E-state index in [0.29, 0.717) is 35.2 Å². The Balaban J connectivity index is 1.60. The van der Waals surface area contributed by atoms with Gasteiger partial charge in [0.25, 0.3) is 0 Å². The second kappa shape index (κ2) is 8.32. The predicted octanol–water partition coefficient (Wildman–Crippen LogP) is 4.33. The Kier molecular flexibility index (Phi) is 5.44. The topological polar surface area (TPSA) is 80.2 Å². The molecule has 7 nitrogen and oxygen atoms in total. The van der Waals surface area contributed by atoms with Gasteiger partial charge in [-0.3, -0.25) is 14.5 Å². The van der Waals surface area contributed by atoms with Gasteiger partial charge in [-0.1, -0.05) is 23.8 Å². The summed E-state index contributed by atoms with van der Waals surface area (Å²) in [6.07, 6.45) is 3.18. The third-order valence-electron chi connectivity index (χ3n) is 4.53. The molecule has 0 aliphatic carbocycles. The van der Waals surface area contributed by atoms with Crippen LogP contribution in [0.1, 0.15) is 17.1 Å². The van der Waals surface area contributed by atoms with Crippen LogP contribution in [0, 0.1) is 11.7 Å². The molecule has 0 saturated heterocycles. The first kappa shape index (κ1) is 18.9. The lowest BCUT2D eigenvalue weighted by Gasteiger charge is -2.21. The Morgan fingerprint density at radius 2 is 1.79 bits per heavy atom. The van der Waals surface area contributed by atoms with Gasteiger partial charge in [-0.25, -0.2) is 0 Å². The first-order valence-electron chi connectivity index (χ1n) is 9.15. The van der Waals surface area contributed by atoms with Crippen molar-refractivity contribution < 1.29 is 13.6 Å². The van der Waals surface area contributed by atoms with Gasteiger partial charge in [0.05, 0.1) is 25.6 Å². The molecule has 0 spiro atoms. The van der Waals surface area contributed by atoms with Crippen molar-refractivity contribution in [3.63, 3.8) is 0 Å². The molecule has 0 aliphatic rings. The third-order valence-corrected chi connectivity index (χ3v) is 4.85. The summed E-state index contributed by atoms with van der Waals surface area (Å²) in [5.74, 6) is 1.89. The molecule has 1 aromatic carbocycles. The lowest BCUT2D eigenvalue weighted by molar-refractivity contribution is -0.133. The van der Waals surface area contributed by atoms with E-state index in [1.54, 1.807) is 34.1 Å². The Labute approximate surface area is 172 Å². The fourth-order valence-corrected chi connectivity index (χ4v) is 3.31. The number of benzene rings is 1. The number of H-pyrrole nitrogens is 1. The van der Waals surface area contributed by atoms with Crippen molar-refractivity contribution in [3.05, 3.63) is 82.9 Å². The SMILES string of the molecule is Cc1cccc(-c2n[nH]c(=S)n2CC(=O)N(Cc2ccco2)Cc2ccco2)c1. The molecular formula is C21H20N4O3S. The minimum Gasteiger partial charge on any atom is -0.467 e.